The van der Waals surface area contributed by atoms with E-state index in [1.807, 2.05) is 0 Å². The fraction of sp³-hybridized carbons (Fsp3) is 1.00. The molecule has 0 aromatic carbocycles. The van der Waals surface area contributed by atoms with Crippen molar-refractivity contribution in [2.45, 2.75) is 32.6 Å². The highest BCUT2D eigenvalue weighted by molar-refractivity contribution is 6.06. The van der Waals surface area contributed by atoms with Crippen molar-refractivity contribution in [2.75, 3.05) is 6.61 Å². The summed E-state index contributed by atoms with van der Waals surface area (Å²) in [7, 11) is -0.975. The van der Waals surface area contributed by atoms with Crippen LogP contribution in [0.1, 0.15) is 32.6 Å². The quantitative estimate of drug-likeness (QED) is 0.417. The van der Waals surface area contributed by atoms with Gasteiger partial charge in [0.2, 0.25) is 0 Å². The molecule has 0 N–H and O–H groups in total. The summed E-state index contributed by atoms with van der Waals surface area (Å²) in [6.07, 6.45) is 4.76. The van der Waals surface area contributed by atoms with Gasteiger partial charge in [0.25, 0.3) is 0 Å². The molecule has 0 bridgehead atoms. The fourth-order valence-corrected chi connectivity index (χ4v) is 0.923. The van der Waals surface area contributed by atoms with E-state index in [0.717, 1.165) is 6.42 Å². The smallest absolute Gasteiger partial charge is 0.487 e. The average molecular weight is 146 g/mol. The molecule has 54 valence electrons. The molecule has 9 heavy (non-hydrogen) atoms. The van der Waals surface area contributed by atoms with Gasteiger partial charge in [-0.15, -0.1) is 0 Å². The van der Waals surface area contributed by atoms with Gasteiger partial charge in [0, 0.05) is 0 Å². The fourth-order valence-electron chi connectivity index (χ4n) is 0.660. The van der Waals surface area contributed by atoms with Crippen molar-refractivity contribution in [3.8, 4) is 0 Å². The summed E-state index contributed by atoms with van der Waals surface area (Å²) in [5, 5.41) is 0. The van der Waals surface area contributed by atoms with Crippen LogP contribution in [0.25, 0.3) is 0 Å². The summed E-state index contributed by atoms with van der Waals surface area (Å²) in [5.41, 5.74) is 0. The Labute approximate surface area is 58.6 Å². The van der Waals surface area contributed by atoms with Crippen LogP contribution in [0.15, 0.2) is 0 Å². The van der Waals surface area contributed by atoms with Crippen molar-refractivity contribution in [1.29, 1.82) is 0 Å². The predicted molar refractivity (Wildman–Crippen MR) is 37.9 cm³/mol. The molecule has 0 aliphatic rings. The lowest BCUT2D eigenvalue weighted by Crippen LogP contribution is -1.91. The number of rotatable bonds is 6. The van der Waals surface area contributed by atoms with Crippen LogP contribution < -0.4 is 0 Å². The second-order valence-corrected chi connectivity index (χ2v) is 2.55. The van der Waals surface area contributed by atoms with Crippen LogP contribution >= 0.6 is 0 Å². The first-order chi connectivity index (χ1) is 4.41. The molecule has 0 aliphatic carbocycles. The zero-order chi connectivity index (χ0) is 6.95. The molecule has 0 amide bonds. The summed E-state index contributed by atoms with van der Waals surface area (Å²) in [6.45, 7) is 2.85. The van der Waals surface area contributed by atoms with Gasteiger partial charge in [0.05, 0.1) is 6.61 Å². The van der Waals surface area contributed by atoms with Gasteiger partial charge in [-0.3, -0.25) is 0 Å². The number of unbranched alkanes of at least 4 members (excludes halogenated alkanes) is 3. The molecule has 0 saturated heterocycles. The van der Waals surface area contributed by atoms with E-state index >= 15 is 0 Å². The third-order valence-corrected chi connectivity index (χ3v) is 1.56. The Morgan fingerprint density at radius 3 is 2.67 bits per heavy atom. The van der Waals surface area contributed by atoms with E-state index in [2.05, 4.69) is 6.92 Å². The molecule has 3 heteroatoms. The summed E-state index contributed by atoms with van der Waals surface area (Å²) >= 11 is 0. The van der Waals surface area contributed by atoms with Gasteiger partial charge in [-0.25, -0.2) is 0 Å². The van der Waals surface area contributed by atoms with Gasteiger partial charge < -0.3 is 8.89 Å². The first-order valence-electron chi connectivity index (χ1n) is 3.47. The minimum Gasteiger partial charge on any atom is -0.526 e. The maximum atomic E-state index is 9.82. The molecule has 0 fully saturated rings. The van der Waals surface area contributed by atoms with E-state index < -0.39 is 9.65 Å². The molecule has 0 rings (SSSR count). The summed E-state index contributed by atoms with van der Waals surface area (Å²) < 4.78 is 14.5. The first-order valence-corrected chi connectivity index (χ1v) is 4.41. The molecular formula is C6H14O2Si. The van der Waals surface area contributed by atoms with Gasteiger partial charge in [-0.05, 0) is 6.42 Å². The Bertz CT molecular complexity index is 66.1. The molecule has 0 aliphatic heterocycles. The minimum absolute atomic E-state index is 0.679. The van der Waals surface area contributed by atoms with Crippen molar-refractivity contribution in [3.63, 3.8) is 0 Å². The topological polar surface area (TPSA) is 26.3 Å². The van der Waals surface area contributed by atoms with E-state index in [1.165, 1.54) is 19.3 Å². The Balaban J connectivity index is 2.66. The molecule has 0 unspecified atom stereocenters. The van der Waals surface area contributed by atoms with Crippen LogP contribution in [0.2, 0.25) is 0 Å². The van der Waals surface area contributed by atoms with E-state index in [9.17, 15) is 4.46 Å². The molecule has 0 saturated carbocycles. The standard InChI is InChI=1S/C6H14O2Si/c1-2-3-4-5-6-8-9-7/h9H,2-6H2,1H3. The van der Waals surface area contributed by atoms with Gasteiger partial charge >= 0.3 is 9.65 Å². The zero-order valence-corrected chi connectivity index (χ0v) is 7.08. The van der Waals surface area contributed by atoms with Crippen LogP contribution in [-0.4, -0.2) is 16.3 Å². The maximum absolute atomic E-state index is 9.82. The molecule has 0 spiro atoms. The molecule has 0 heterocycles. The maximum Gasteiger partial charge on any atom is 0.487 e. The lowest BCUT2D eigenvalue weighted by atomic mass is 10.2. The van der Waals surface area contributed by atoms with E-state index in [1.54, 1.807) is 0 Å². The predicted octanol–water partition coefficient (Wildman–Crippen LogP) is 1.28. The molecule has 0 radical (unpaired) electrons. The van der Waals surface area contributed by atoms with Gasteiger partial charge in [-0.1, -0.05) is 26.2 Å². The molecular weight excluding hydrogens is 132 g/mol. The van der Waals surface area contributed by atoms with Crippen LogP contribution in [0.3, 0.4) is 0 Å². The van der Waals surface area contributed by atoms with Crippen LogP contribution in [0.4, 0.5) is 0 Å². The molecule has 0 aromatic rings. The highest BCUT2D eigenvalue weighted by Gasteiger charge is 1.85. The van der Waals surface area contributed by atoms with Gasteiger partial charge in [0.1, 0.15) is 0 Å². The Morgan fingerprint density at radius 2 is 2.11 bits per heavy atom. The minimum atomic E-state index is -0.975. The molecule has 2 nitrogen and oxygen atoms in total. The highest BCUT2D eigenvalue weighted by atomic mass is 28.2. The average Bonchev–Trinajstić information content (AvgIpc) is 1.89. The van der Waals surface area contributed by atoms with Gasteiger partial charge in [-0.2, -0.15) is 0 Å². The lowest BCUT2D eigenvalue weighted by molar-refractivity contribution is 0.298. The van der Waals surface area contributed by atoms with E-state index in [-0.39, 0.29) is 0 Å². The van der Waals surface area contributed by atoms with Gasteiger partial charge in [0.15, 0.2) is 0 Å². The highest BCUT2D eigenvalue weighted by Crippen LogP contribution is 1.97. The lowest BCUT2D eigenvalue weighted by Gasteiger charge is -1.96. The van der Waals surface area contributed by atoms with Crippen molar-refractivity contribution in [2.24, 2.45) is 0 Å². The second kappa shape index (κ2) is 7.82. The van der Waals surface area contributed by atoms with Crippen molar-refractivity contribution < 1.29 is 8.89 Å². The SMILES string of the molecule is CCCCCCO[SiH]=O. The molecule has 0 atom stereocenters. The third kappa shape index (κ3) is 7.82. The Kier molecular flexibility index (Phi) is 7.66. The normalized spacial score (nSPS) is 9.00. The van der Waals surface area contributed by atoms with Crippen molar-refractivity contribution in [1.82, 2.24) is 0 Å². The second-order valence-electron chi connectivity index (χ2n) is 2.03. The first kappa shape index (κ1) is 8.82. The van der Waals surface area contributed by atoms with Crippen LogP contribution in [-0.2, 0) is 8.89 Å². The van der Waals surface area contributed by atoms with E-state index in [0.29, 0.717) is 6.61 Å². The van der Waals surface area contributed by atoms with E-state index in [4.69, 9.17) is 4.43 Å². The van der Waals surface area contributed by atoms with Crippen LogP contribution in [0, 0.1) is 0 Å². The van der Waals surface area contributed by atoms with Crippen molar-refractivity contribution in [3.05, 3.63) is 0 Å². The zero-order valence-electron chi connectivity index (χ0n) is 5.93. The Hall–Kier alpha value is -0.183. The third-order valence-electron chi connectivity index (χ3n) is 1.18. The summed E-state index contributed by atoms with van der Waals surface area (Å²) in [6, 6.07) is 0. The Morgan fingerprint density at radius 1 is 1.33 bits per heavy atom. The van der Waals surface area contributed by atoms with Crippen molar-refractivity contribution >= 4 is 9.65 Å². The summed E-state index contributed by atoms with van der Waals surface area (Å²) in [4.78, 5) is 0. The summed E-state index contributed by atoms with van der Waals surface area (Å²) in [5.74, 6) is 0. The van der Waals surface area contributed by atoms with Crippen LogP contribution in [0.5, 0.6) is 0 Å². The number of hydrogen-bond donors (Lipinski definition) is 0. The molecule has 0 aromatic heterocycles. The monoisotopic (exact) mass is 146 g/mol. The number of hydrogen-bond acceptors (Lipinski definition) is 2. The largest absolute Gasteiger partial charge is 0.526 e.